The van der Waals surface area contributed by atoms with Gasteiger partial charge in [-0.2, -0.15) is 4.31 Å². The summed E-state index contributed by atoms with van der Waals surface area (Å²) in [6.45, 7) is 0.952. The van der Waals surface area contributed by atoms with Gasteiger partial charge in [-0.1, -0.05) is 0 Å². The first kappa shape index (κ1) is 21.7. The van der Waals surface area contributed by atoms with Gasteiger partial charge < -0.3 is 4.90 Å². The lowest BCUT2D eigenvalue weighted by Gasteiger charge is -2.28. The maximum atomic E-state index is 13.4. The summed E-state index contributed by atoms with van der Waals surface area (Å²) in [5.41, 5.74) is 0.536. The second kappa shape index (κ2) is 8.18. The Balaban J connectivity index is 1.65. The van der Waals surface area contributed by atoms with Crippen molar-refractivity contribution >= 4 is 31.5 Å². The van der Waals surface area contributed by atoms with Crippen molar-refractivity contribution in [1.82, 2.24) is 4.31 Å². The highest BCUT2D eigenvalue weighted by molar-refractivity contribution is 7.94. The van der Waals surface area contributed by atoms with Crippen LogP contribution in [0.25, 0.3) is 0 Å². The molecule has 7 nitrogen and oxygen atoms in total. The summed E-state index contributed by atoms with van der Waals surface area (Å²) in [5.74, 6) is -1.27. The van der Waals surface area contributed by atoms with Gasteiger partial charge in [0, 0.05) is 29.7 Å². The minimum atomic E-state index is -3.61. The molecule has 1 saturated heterocycles. The molecule has 0 bridgehead atoms. The highest BCUT2D eigenvalue weighted by Gasteiger charge is 2.33. The maximum Gasteiger partial charge on any atom is 0.258 e. The molecule has 2 aliphatic heterocycles. The minimum Gasteiger partial charge on any atom is -0.300 e. The number of amides is 1. The van der Waals surface area contributed by atoms with E-state index in [1.54, 1.807) is 0 Å². The lowest BCUT2D eigenvalue weighted by atomic mass is 10.1. The standard InChI is InChI=1S/C21H21FN2O5S2/c22-17-5-7-18(8-6-17)24(19-11-14-30(26,27)15-19)21(25)16-3-9-20(10-4-16)31(28,29)23-12-1-2-13-23/h3-11,14,19H,1-2,12-13,15H2/t19-/m0/s1. The number of carbonyl (C=O) groups excluding carboxylic acids is 1. The van der Waals surface area contributed by atoms with Gasteiger partial charge >= 0.3 is 0 Å². The van der Waals surface area contributed by atoms with Crippen molar-refractivity contribution in [3.63, 3.8) is 0 Å². The molecule has 1 fully saturated rings. The average Bonchev–Trinajstić information content (AvgIpc) is 3.40. The zero-order chi connectivity index (χ0) is 22.2. The van der Waals surface area contributed by atoms with Crippen molar-refractivity contribution < 1.29 is 26.0 Å². The first-order valence-corrected chi connectivity index (χ1v) is 12.9. The number of hydrogen-bond acceptors (Lipinski definition) is 5. The summed E-state index contributed by atoms with van der Waals surface area (Å²) in [4.78, 5) is 14.7. The summed E-state index contributed by atoms with van der Waals surface area (Å²) in [6, 6.07) is 10.0. The Labute approximate surface area is 180 Å². The third kappa shape index (κ3) is 4.41. The molecule has 0 spiro atoms. The lowest BCUT2D eigenvalue weighted by Crippen LogP contribution is -2.41. The molecule has 0 N–H and O–H groups in total. The molecule has 31 heavy (non-hydrogen) atoms. The predicted octanol–water partition coefficient (Wildman–Crippen LogP) is 2.57. The number of sulfone groups is 1. The van der Waals surface area contributed by atoms with E-state index in [0.717, 1.165) is 18.2 Å². The van der Waals surface area contributed by atoms with E-state index < -0.39 is 37.6 Å². The Bertz CT molecular complexity index is 1220. The normalized spacial score (nSPS) is 20.7. The van der Waals surface area contributed by atoms with Gasteiger partial charge in [0.25, 0.3) is 5.91 Å². The summed E-state index contributed by atoms with van der Waals surface area (Å²) >= 11 is 0. The number of sulfonamides is 1. The van der Waals surface area contributed by atoms with Crippen LogP contribution in [0.2, 0.25) is 0 Å². The van der Waals surface area contributed by atoms with E-state index in [9.17, 15) is 26.0 Å². The Kier molecular flexibility index (Phi) is 5.71. The van der Waals surface area contributed by atoms with Crippen molar-refractivity contribution in [2.24, 2.45) is 0 Å². The van der Waals surface area contributed by atoms with Crippen molar-refractivity contribution in [2.75, 3.05) is 23.7 Å². The molecule has 2 heterocycles. The molecular formula is C21H21FN2O5S2. The van der Waals surface area contributed by atoms with Crippen molar-refractivity contribution in [3.8, 4) is 0 Å². The van der Waals surface area contributed by atoms with Gasteiger partial charge in [-0.05, 0) is 67.4 Å². The topological polar surface area (TPSA) is 91.8 Å². The third-order valence-electron chi connectivity index (χ3n) is 5.37. The number of benzene rings is 2. The molecular weight excluding hydrogens is 443 g/mol. The number of hydrogen-bond donors (Lipinski definition) is 0. The van der Waals surface area contributed by atoms with Crippen LogP contribution in [-0.2, 0) is 19.9 Å². The molecule has 2 aromatic rings. The molecule has 1 amide bonds. The van der Waals surface area contributed by atoms with E-state index in [2.05, 4.69) is 0 Å². The van der Waals surface area contributed by atoms with Crippen LogP contribution >= 0.6 is 0 Å². The van der Waals surface area contributed by atoms with E-state index in [0.29, 0.717) is 18.8 Å². The fourth-order valence-electron chi connectivity index (χ4n) is 3.77. The average molecular weight is 465 g/mol. The first-order chi connectivity index (χ1) is 14.7. The molecule has 0 radical (unpaired) electrons. The molecule has 10 heteroatoms. The van der Waals surface area contributed by atoms with Crippen LogP contribution < -0.4 is 4.90 Å². The van der Waals surface area contributed by atoms with Gasteiger partial charge in [-0.25, -0.2) is 21.2 Å². The Morgan fingerprint density at radius 3 is 2.16 bits per heavy atom. The highest BCUT2D eigenvalue weighted by Crippen LogP contribution is 2.26. The molecule has 0 aromatic heterocycles. The van der Waals surface area contributed by atoms with Gasteiger partial charge in [-0.3, -0.25) is 4.79 Å². The molecule has 1 atom stereocenters. The van der Waals surface area contributed by atoms with Gasteiger partial charge in [0.1, 0.15) is 5.82 Å². The Morgan fingerprint density at radius 1 is 1.00 bits per heavy atom. The van der Waals surface area contributed by atoms with E-state index in [-0.39, 0.29) is 16.2 Å². The smallest absolute Gasteiger partial charge is 0.258 e. The first-order valence-electron chi connectivity index (χ1n) is 9.78. The van der Waals surface area contributed by atoms with Gasteiger partial charge in [0.15, 0.2) is 9.84 Å². The zero-order valence-corrected chi connectivity index (χ0v) is 18.1. The summed E-state index contributed by atoms with van der Waals surface area (Å²) in [6.07, 6.45) is 3.06. The second-order valence-electron chi connectivity index (χ2n) is 7.51. The Hall–Kier alpha value is -2.56. The van der Waals surface area contributed by atoms with Crippen molar-refractivity contribution in [1.29, 1.82) is 0 Å². The molecule has 2 aromatic carbocycles. The number of anilines is 1. The van der Waals surface area contributed by atoms with Crippen LogP contribution in [0.4, 0.5) is 10.1 Å². The monoisotopic (exact) mass is 464 g/mol. The quantitative estimate of drug-likeness (QED) is 0.678. The number of nitrogens with zero attached hydrogens (tertiary/aromatic N) is 2. The lowest BCUT2D eigenvalue weighted by molar-refractivity contribution is 0.0983. The van der Waals surface area contributed by atoms with Gasteiger partial charge in [0.2, 0.25) is 10.0 Å². The van der Waals surface area contributed by atoms with Crippen molar-refractivity contribution in [3.05, 3.63) is 71.4 Å². The van der Waals surface area contributed by atoms with E-state index >= 15 is 0 Å². The SMILES string of the molecule is O=C(c1ccc(S(=O)(=O)N2CCCC2)cc1)N(c1ccc(F)cc1)[C@H]1C=CS(=O)(=O)C1. The minimum absolute atomic E-state index is 0.0997. The van der Waals surface area contributed by atoms with Crippen LogP contribution in [0.15, 0.2) is 64.9 Å². The molecule has 0 aliphatic carbocycles. The molecule has 2 aliphatic rings. The molecule has 4 rings (SSSR count). The summed E-state index contributed by atoms with van der Waals surface area (Å²) in [7, 11) is -7.05. The number of rotatable bonds is 5. The van der Waals surface area contributed by atoms with E-state index in [1.807, 2.05) is 0 Å². The summed E-state index contributed by atoms with van der Waals surface area (Å²) < 4.78 is 64.0. The van der Waals surface area contributed by atoms with E-state index in [1.165, 1.54) is 63.8 Å². The Morgan fingerprint density at radius 2 is 1.61 bits per heavy atom. The fraction of sp³-hybridized carbons (Fsp3) is 0.286. The van der Waals surface area contributed by atoms with Crippen molar-refractivity contribution in [2.45, 2.75) is 23.8 Å². The highest BCUT2D eigenvalue weighted by atomic mass is 32.2. The second-order valence-corrected chi connectivity index (χ2v) is 11.4. The zero-order valence-electron chi connectivity index (χ0n) is 16.5. The fourth-order valence-corrected chi connectivity index (χ4v) is 6.55. The van der Waals surface area contributed by atoms with Crippen LogP contribution in [0.1, 0.15) is 23.2 Å². The predicted molar refractivity (Wildman–Crippen MR) is 114 cm³/mol. The molecule has 0 saturated carbocycles. The van der Waals surface area contributed by atoms with Gasteiger partial charge in [-0.15, -0.1) is 0 Å². The van der Waals surface area contributed by atoms with Crippen LogP contribution in [0.5, 0.6) is 0 Å². The van der Waals surface area contributed by atoms with Gasteiger partial charge in [0.05, 0.1) is 16.7 Å². The molecule has 164 valence electrons. The molecule has 0 unspecified atom stereocenters. The maximum absolute atomic E-state index is 13.4. The van der Waals surface area contributed by atoms with Crippen LogP contribution in [0.3, 0.4) is 0 Å². The largest absolute Gasteiger partial charge is 0.300 e. The summed E-state index contributed by atoms with van der Waals surface area (Å²) in [5, 5.41) is 1.06. The third-order valence-corrected chi connectivity index (χ3v) is 8.66. The van der Waals surface area contributed by atoms with Crippen LogP contribution in [-0.4, -0.2) is 51.9 Å². The number of carbonyl (C=O) groups is 1. The van der Waals surface area contributed by atoms with Crippen LogP contribution in [0, 0.1) is 5.82 Å². The number of halogens is 1. The van der Waals surface area contributed by atoms with E-state index in [4.69, 9.17) is 0 Å².